The molecule has 4 heteroatoms. The van der Waals surface area contributed by atoms with E-state index in [4.69, 9.17) is 9.84 Å². The van der Waals surface area contributed by atoms with E-state index in [1.54, 1.807) is 0 Å². The first kappa shape index (κ1) is 18.0. The quantitative estimate of drug-likeness (QED) is 0.699. The van der Waals surface area contributed by atoms with Crippen molar-refractivity contribution in [1.29, 1.82) is 0 Å². The predicted molar refractivity (Wildman–Crippen MR) is 95.3 cm³/mol. The summed E-state index contributed by atoms with van der Waals surface area (Å²) in [7, 11) is 0. The second-order valence-corrected chi connectivity index (χ2v) is 5.78. The topological polar surface area (TPSA) is 58.6 Å². The SMILES string of the molecule is CCOc1cccc(CNC(CCC(=O)O)Cc2ccccc2)c1. The van der Waals surface area contributed by atoms with Gasteiger partial charge in [-0.3, -0.25) is 4.79 Å². The third kappa shape index (κ3) is 6.42. The van der Waals surface area contributed by atoms with Crippen LogP contribution in [0.1, 0.15) is 30.9 Å². The molecule has 0 fully saturated rings. The van der Waals surface area contributed by atoms with Crippen LogP contribution in [0, 0.1) is 0 Å². The van der Waals surface area contributed by atoms with Gasteiger partial charge in [-0.1, -0.05) is 42.5 Å². The number of hydrogen-bond acceptors (Lipinski definition) is 3. The second kappa shape index (κ2) is 9.73. The summed E-state index contributed by atoms with van der Waals surface area (Å²) in [6.45, 7) is 3.30. The number of ether oxygens (including phenoxy) is 1. The Labute approximate surface area is 143 Å². The van der Waals surface area contributed by atoms with E-state index in [0.29, 0.717) is 19.6 Å². The Balaban J connectivity index is 1.96. The minimum Gasteiger partial charge on any atom is -0.494 e. The maximum Gasteiger partial charge on any atom is 0.303 e. The molecule has 24 heavy (non-hydrogen) atoms. The Morgan fingerprint density at radius 1 is 1.12 bits per heavy atom. The van der Waals surface area contributed by atoms with E-state index in [9.17, 15) is 4.79 Å². The molecule has 2 aromatic carbocycles. The molecule has 2 N–H and O–H groups in total. The number of carbonyl (C=O) groups is 1. The average molecular weight is 327 g/mol. The van der Waals surface area contributed by atoms with Gasteiger partial charge in [-0.15, -0.1) is 0 Å². The molecule has 1 unspecified atom stereocenters. The van der Waals surface area contributed by atoms with Crippen LogP contribution < -0.4 is 10.1 Å². The fourth-order valence-corrected chi connectivity index (χ4v) is 2.65. The van der Waals surface area contributed by atoms with Crippen molar-refractivity contribution >= 4 is 5.97 Å². The van der Waals surface area contributed by atoms with Crippen LogP contribution in [0.15, 0.2) is 54.6 Å². The van der Waals surface area contributed by atoms with Crippen LogP contribution in [0.2, 0.25) is 0 Å². The van der Waals surface area contributed by atoms with E-state index in [-0.39, 0.29) is 12.5 Å². The van der Waals surface area contributed by atoms with Gasteiger partial charge in [0, 0.05) is 19.0 Å². The van der Waals surface area contributed by atoms with Gasteiger partial charge < -0.3 is 15.2 Å². The van der Waals surface area contributed by atoms with E-state index < -0.39 is 5.97 Å². The number of carboxylic acid groups (broad SMARTS) is 1. The zero-order valence-corrected chi connectivity index (χ0v) is 14.1. The molecule has 0 heterocycles. The first-order chi connectivity index (χ1) is 11.7. The molecule has 0 saturated heterocycles. The molecule has 0 spiro atoms. The Morgan fingerprint density at radius 3 is 2.58 bits per heavy atom. The first-order valence-electron chi connectivity index (χ1n) is 8.38. The Kier molecular flexibility index (Phi) is 7.30. The number of aliphatic carboxylic acids is 1. The summed E-state index contributed by atoms with van der Waals surface area (Å²) in [5.41, 5.74) is 2.35. The summed E-state index contributed by atoms with van der Waals surface area (Å²) in [5.74, 6) is 0.107. The van der Waals surface area contributed by atoms with Gasteiger partial charge in [0.05, 0.1) is 6.61 Å². The van der Waals surface area contributed by atoms with Gasteiger partial charge in [0.25, 0.3) is 0 Å². The van der Waals surface area contributed by atoms with Crippen molar-refractivity contribution in [2.45, 2.75) is 38.8 Å². The van der Waals surface area contributed by atoms with Crippen molar-refractivity contribution < 1.29 is 14.6 Å². The number of carboxylic acids is 1. The minimum atomic E-state index is -0.756. The van der Waals surface area contributed by atoms with Gasteiger partial charge in [-0.05, 0) is 43.0 Å². The van der Waals surface area contributed by atoms with Gasteiger partial charge in [-0.25, -0.2) is 0 Å². The maximum absolute atomic E-state index is 10.9. The second-order valence-electron chi connectivity index (χ2n) is 5.78. The van der Waals surface area contributed by atoms with Crippen molar-refractivity contribution in [3.8, 4) is 5.75 Å². The van der Waals surface area contributed by atoms with E-state index in [2.05, 4.69) is 17.4 Å². The smallest absolute Gasteiger partial charge is 0.303 e. The fourth-order valence-electron chi connectivity index (χ4n) is 2.65. The molecule has 0 radical (unpaired) electrons. The van der Waals surface area contributed by atoms with Crippen LogP contribution >= 0.6 is 0 Å². The zero-order valence-electron chi connectivity index (χ0n) is 14.1. The van der Waals surface area contributed by atoms with Crippen LogP contribution in [0.5, 0.6) is 5.75 Å². The molecule has 0 aromatic heterocycles. The molecule has 0 aliphatic carbocycles. The van der Waals surface area contributed by atoms with Gasteiger partial charge in [0.2, 0.25) is 0 Å². The molecule has 0 amide bonds. The molecule has 128 valence electrons. The maximum atomic E-state index is 10.9. The minimum absolute atomic E-state index is 0.124. The standard InChI is InChI=1S/C20H25NO3/c1-2-24-19-10-6-9-17(14-19)15-21-18(11-12-20(22)23)13-16-7-4-3-5-8-16/h3-10,14,18,21H,2,11-13,15H2,1H3,(H,22,23). The van der Waals surface area contributed by atoms with Gasteiger partial charge in [-0.2, -0.15) is 0 Å². The van der Waals surface area contributed by atoms with Gasteiger partial charge >= 0.3 is 5.97 Å². The Morgan fingerprint density at radius 2 is 1.88 bits per heavy atom. The fraction of sp³-hybridized carbons (Fsp3) is 0.350. The van der Waals surface area contributed by atoms with Crippen LogP contribution in [-0.2, 0) is 17.8 Å². The summed E-state index contributed by atoms with van der Waals surface area (Å²) in [5, 5.41) is 12.5. The summed E-state index contributed by atoms with van der Waals surface area (Å²) < 4.78 is 5.52. The molecule has 0 aliphatic rings. The highest BCUT2D eigenvalue weighted by Crippen LogP contribution is 2.14. The third-order valence-corrected chi connectivity index (χ3v) is 3.84. The molecule has 1 atom stereocenters. The number of hydrogen-bond donors (Lipinski definition) is 2. The number of benzene rings is 2. The monoisotopic (exact) mass is 327 g/mol. The lowest BCUT2D eigenvalue weighted by Crippen LogP contribution is -2.31. The van der Waals surface area contributed by atoms with Crippen molar-refractivity contribution in [1.82, 2.24) is 5.32 Å². The lowest BCUT2D eigenvalue weighted by Gasteiger charge is -2.18. The van der Waals surface area contributed by atoms with Crippen molar-refractivity contribution in [2.24, 2.45) is 0 Å². The predicted octanol–water partition coefficient (Wildman–Crippen LogP) is 3.65. The number of nitrogens with one attached hydrogen (secondary N) is 1. The molecule has 2 rings (SSSR count). The van der Waals surface area contributed by atoms with Crippen molar-refractivity contribution in [2.75, 3.05) is 6.61 Å². The zero-order chi connectivity index (χ0) is 17.2. The van der Waals surface area contributed by atoms with Crippen LogP contribution in [-0.4, -0.2) is 23.7 Å². The van der Waals surface area contributed by atoms with Crippen LogP contribution in [0.4, 0.5) is 0 Å². The van der Waals surface area contributed by atoms with Gasteiger partial charge in [0.15, 0.2) is 0 Å². The summed E-state index contributed by atoms with van der Waals surface area (Å²) in [6.07, 6.45) is 1.60. The van der Waals surface area contributed by atoms with Crippen molar-refractivity contribution in [3.05, 3.63) is 65.7 Å². The molecule has 2 aromatic rings. The lowest BCUT2D eigenvalue weighted by atomic mass is 10.0. The van der Waals surface area contributed by atoms with Crippen LogP contribution in [0.25, 0.3) is 0 Å². The highest BCUT2D eigenvalue weighted by atomic mass is 16.5. The van der Waals surface area contributed by atoms with E-state index in [1.807, 2.05) is 49.4 Å². The molecule has 0 aliphatic heterocycles. The highest BCUT2D eigenvalue weighted by molar-refractivity contribution is 5.66. The number of rotatable bonds is 10. The summed E-state index contributed by atoms with van der Waals surface area (Å²) >= 11 is 0. The van der Waals surface area contributed by atoms with E-state index in [1.165, 1.54) is 5.56 Å². The molecular formula is C20H25NO3. The first-order valence-corrected chi connectivity index (χ1v) is 8.38. The van der Waals surface area contributed by atoms with Gasteiger partial charge in [0.1, 0.15) is 5.75 Å². The van der Waals surface area contributed by atoms with E-state index >= 15 is 0 Å². The summed E-state index contributed by atoms with van der Waals surface area (Å²) in [6, 6.07) is 18.3. The van der Waals surface area contributed by atoms with Crippen molar-refractivity contribution in [3.63, 3.8) is 0 Å². The van der Waals surface area contributed by atoms with Crippen LogP contribution in [0.3, 0.4) is 0 Å². The third-order valence-electron chi connectivity index (χ3n) is 3.84. The Bertz CT molecular complexity index is 628. The lowest BCUT2D eigenvalue weighted by molar-refractivity contribution is -0.137. The highest BCUT2D eigenvalue weighted by Gasteiger charge is 2.11. The Hall–Kier alpha value is -2.33. The largest absolute Gasteiger partial charge is 0.494 e. The molecular weight excluding hydrogens is 302 g/mol. The molecule has 0 saturated carbocycles. The summed E-state index contributed by atoms with van der Waals surface area (Å²) in [4.78, 5) is 10.9. The van der Waals surface area contributed by atoms with E-state index in [0.717, 1.165) is 17.7 Å². The normalized spacial score (nSPS) is 11.9. The molecule has 4 nitrogen and oxygen atoms in total. The average Bonchev–Trinajstić information content (AvgIpc) is 2.59. The molecule has 0 bridgehead atoms.